The van der Waals surface area contributed by atoms with Crippen LogP contribution in [0.1, 0.15) is 5.56 Å². The highest BCUT2D eigenvalue weighted by molar-refractivity contribution is 5.99. The molecular formula is C16H18N4. The molecule has 0 spiro atoms. The number of fused-ring (bicyclic) bond motifs is 1. The molecule has 0 aliphatic heterocycles. The largest absolute Gasteiger partial charge is 0.397 e. The minimum Gasteiger partial charge on any atom is -0.397 e. The lowest BCUT2D eigenvalue weighted by Crippen LogP contribution is -2.11. The summed E-state index contributed by atoms with van der Waals surface area (Å²) in [6.07, 6.45) is 0. The van der Waals surface area contributed by atoms with Gasteiger partial charge in [0, 0.05) is 17.5 Å². The fourth-order valence-electron chi connectivity index (χ4n) is 2.50. The van der Waals surface area contributed by atoms with Crippen LogP contribution in [0.25, 0.3) is 22.2 Å². The van der Waals surface area contributed by atoms with E-state index in [0.29, 0.717) is 0 Å². The zero-order valence-corrected chi connectivity index (χ0v) is 11.7. The van der Waals surface area contributed by atoms with Crippen molar-refractivity contribution >= 4 is 16.6 Å². The lowest BCUT2D eigenvalue weighted by atomic mass is 10.0. The summed E-state index contributed by atoms with van der Waals surface area (Å²) in [7, 11) is 4.13. The van der Waals surface area contributed by atoms with Crippen LogP contribution in [0.5, 0.6) is 0 Å². The van der Waals surface area contributed by atoms with E-state index < -0.39 is 0 Å². The first kappa shape index (κ1) is 12.7. The number of para-hydroxylation sites is 1. The molecule has 102 valence electrons. The van der Waals surface area contributed by atoms with E-state index in [1.807, 2.05) is 18.2 Å². The summed E-state index contributed by atoms with van der Waals surface area (Å²) in [5.41, 5.74) is 11.0. The molecule has 0 atom stereocenters. The normalized spacial score (nSPS) is 11.3. The van der Waals surface area contributed by atoms with Gasteiger partial charge in [0.2, 0.25) is 0 Å². The number of nitrogens with two attached hydrogens (primary N) is 1. The second-order valence-corrected chi connectivity index (χ2v) is 5.24. The number of benzene rings is 2. The van der Waals surface area contributed by atoms with Gasteiger partial charge < -0.3 is 10.6 Å². The van der Waals surface area contributed by atoms with Crippen molar-refractivity contribution in [2.45, 2.75) is 6.54 Å². The van der Waals surface area contributed by atoms with Gasteiger partial charge in [-0.05, 0) is 25.7 Å². The number of H-pyrrole nitrogens is 1. The molecule has 4 nitrogen and oxygen atoms in total. The maximum Gasteiger partial charge on any atom is 0.100 e. The molecule has 0 saturated carbocycles. The van der Waals surface area contributed by atoms with E-state index in [1.54, 1.807) is 0 Å². The van der Waals surface area contributed by atoms with Crippen LogP contribution in [0, 0.1) is 0 Å². The summed E-state index contributed by atoms with van der Waals surface area (Å²) < 4.78 is 0. The fraction of sp³-hybridized carbons (Fsp3) is 0.188. The average molecular weight is 266 g/mol. The third-order valence-corrected chi connectivity index (χ3v) is 3.39. The zero-order valence-electron chi connectivity index (χ0n) is 11.7. The Hall–Kier alpha value is -2.33. The molecule has 0 saturated heterocycles. The van der Waals surface area contributed by atoms with E-state index in [-0.39, 0.29) is 0 Å². The van der Waals surface area contributed by atoms with Crippen molar-refractivity contribution < 1.29 is 0 Å². The minimum atomic E-state index is 0.728. The second kappa shape index (κ2) is 4.98. The number of nitrogen functional groups attached to an aromatic ring is 1. The lowest BCUT2D eigenvalue weighted by molar-refractivity contribution is 0.403. The van der Waals surface area contributed by atoms with Gasteiger partial charge in [-0.25, -0.2) is 0 Å². The third kappa shape index (κ3) is 2.14. The molecule has 0 fully saturated rings. The first-order valence-corrected chi connectivity index (χ1v) is 6.62. The van der Waals surface area contributed by atoms with Gasteiger partial charge in [-0.1, -0.05) is 36.4 Å². The maximum absolute atomic E-state index is 5.99. The second-order valence-electron chi connectivity index (χ2n) is 5.24. The van der Waals surface area contributed by atoms with Crippen molar-refractivity contribution in [1.82, 2.24) is 15.1 Å². The number of hydrogen-bond donors (Lipinski definition) is 2. The molecule has 1 aromatic heterocycles. The Morgan fingerprint density at radius 3 is 2.70 bits per heavy atom. The van der Waals surface area contributed by atoms with Gasteiger partial charge in [0.1, 0.15) is 5.69 Å². The maximum atomic E-state index is 5.99. The van der Waals surface area contributed by atoms with E-state index in [4.69, 9.17) is 5.73 Å². The molecule has 3 aromatic rings. The topological polar surface area (TPSA) is 57.9 Å². The van der Waals surface area contributed by atoms with Crippen LogP contribution in [-0.4, -0.2) is 29.2 Å². The number of aromatic nitrogens is 2. The van der Waals surface area contributed by atoms with Crippen molar-refractivity contribution in [2.24, 2.45) is 0 Å². The Bertz CT molecular complexity index is 743. The van der Waals surface area contributed by atoms with Gasteiger partial charge in [0.05, 0.1) is 11.2 Å². The first-order valence-electron chi connectivity index (χ1n) is 6.62. The molecule has 2 aromatic carbocycles. The number of hydrogen-bond acceptors (Lipinski definition) is 3. The van der Waals surface area contributed by atoms with Crippen LogP contribution in [0.3, 0.4) is 0 Å². The highest BCUT2D eigenvalue weighted by Crippen LogP contribution is 2.31. The van der Waals surface area contributed by atoms with E-state index in [9.17, 15) is 0 Å². The molecule has 0 aliphatic rings. The number of nitrogens with one attached hydrogen (secondary N) is 1. The Morgan fingerprint density at radius 2 is 1.90 bits per heavy atom. The van der Waals surface area contributed by atoms with Crippen LogP contribution in [0.2, 0.25) is 0 Å². The highest BCUT2D eigenvalue weighted by atomic mass is 15.1. The summed E-state index contributed by atoms with van der Waals surface area (Å²) >= 11 is 0. The molecule has 20 heavy (non-hydrogen) atoms. The predicted octanol–water partition coefficient (Wildman–Crippen LogP) is 2.87. The van der Waals surface area contributed by atoms with Crippen molar-refractivity contribution in [2.75, 3.05) is 19.8 Å². The molecule has 1 heterocycles. The molecule has 0 aliphatic carbocycles. The molecular weight excluding hydrogens is 248 g/mol. The molecule has 0 unspecified atom stereocenters. The predicted molar refractivity (Wildman–Crippen MR) is 83.3 cm³/mol. The number of rotatable bonds is 3. The van der Waals surface area contributed by atoms with Gasteiger partial charge in [-0.3, -0.25) is 5.10 Å². The van der Waals surface area contributed by atoms with Crippen LogP contribution >= 0.6 is 0 Å². The fourth-order valence-corrected chi connectivity index (χ4v) is 2.50. The molecule has 3 N–H and O–H groups in total. The monoisotopic (exact) mass is 266 g/mol. The molecule has 3 rings (SSSR count). The Balaban J connectivity index is 2.19. The number of nitrogens with zero attached hydrogens (tertiary/aromatic N) is 2. The first-order chi connectivity index (χ1) is 9.66. The average Bonchev–Trinajstić information content (AvgIpc) is 2.84. The molecule has 0 bridgehead atoms. The highest BCUT2D eigenvalue weighted by Gasteiger charge is 2.13. The van der Waals surface area contributed by atoms with Gasteiger partial charge in [-0.2, -0.15) is 5.10 Å². The third-order valence-electron chi connectivity index (χ3n) is 3.39. The van der Waals surface area contributed by atoms with Crippen molar-refractivity contribution in [3.05, 3.63) is 48.0 Å². The zero-order chi connectivity index (χ0) is 14.1. The van der Waals surface area contributed by atoms with Crippen molar-refractivity contribution in [1.29, 1.82) is 0 Å². The standard InChI is InChI=1S/C16H18N4/c1-20(2)10-11-6-3-4-7-12(11)15-13-8-5-9-14(17)16(13)19-18-15/h3-9H,10,17H2,1-2H3,(H,18,19). The lowest BCUT2D eigenvalue weighted by Gasteiger charge is -2.13. The summed E-state index contributed by atoms with van der Waals surface area (Å²) in [5.74, 6) is 0. The number of anilines is 1. The summed E-state index contributed by atoms with van der Waals surface area (Å²) in [6.45, 7) is 0.882. The SMILES string of the molecule is CN(C)Cc1ccccc1-c1n[nH]c2c(N)cccc12. The summed E-state index contributed by atoms with van der Waals surface area (Å²) in [6, 6.07) is 14.3. The summed E-state index contributed by atoms with van der Waals surface area (Å²) in [4.78, 5) is 2.15. The molecule has 4 heteroatoms. The summed E-state index contributed by atoms with van der Waals surface area (Å²) in [5, 5.41) is 8.58. The van der Waals surface area contributed by atoms with E-state index >= 15 is 0 Å². The van der Waals surface area contributed by atoms with E-state index in [1.165, 1.54) is 5.56 Å². The van der Waals surface area contributed by atoms with E-state index in [0.717, 1.165) is 34.4 Å². The number of aromatic amines is 1. The van der Waals surface area contributed by atoms with Crippen LogP contribution < -0.4 is 5.73 Å². The van der Waals surface area contributed by atoms with Crippen LogP contribution in [0.4, 0.5) is 5.69 Å². The van der Waals surface area contributed by atoms with Crippen molar-refractivity contribution in [3.8, 4) is 11.3 Å². The van der Waals surface area contributed by atoms with Gasteiger partial charge in [0.15, 0.2) is 0 Å². The van der Waals surface area contributed by atoms with Crippen molar-refractivity contribution in [3.63, 3.8) is 0 Å². The van der Waals surface area contributed by atoms with Crippen LogP contribution in [0.15, 0.2) is 42.5 Å². The van der Waals surface area contributed by atoms with Crippen LogP contribution in [-0.2, 0) is 6.54 Å². The Kier molecular flexibility index (Phi) is 3.16. The van der Waals surface area contributed by atoms with Gasteiger partial charge in [0.25, 0.3) is 0 Å². The van der Waals surface area contributed by atoms with Gasteiger partial charge in [-0.15, -0.1) is 0 Å². The Morgan fingerprint density at radius 1 is 1.10 bits per heavy atom. The smallest absolute Gasteiger partial charge is 0.100 e. The van der Waals surface area contributed by atoms with E-state index in [2.05, 4.69) is 53.5 Å². The van der Waals surface area contributed by atoms with Gasteiger partial charge >= 0.3 is 0 Å². The minimum absolute atomic E-state index is 0.728. The quantitative estimate of drug-likeness (QED) is 0.717. The molecule has 0 amide bonds. The molecule has 0 radical (unpaired) electrons. The Labute approximate surface area is 118 Å².